The summed E-state index contributed by atoms with van der Waals surface area (Å²) in [6.45, 7) is 6.85. The molecule has 6 nitrogen and oxygen atoms in total. The van der Waals surface area contributed by atoms with E-state index >= 15 is 0 Å². The Morgan fingerprint density at radius 3 is 2.95 bits per heavy atom. The van der Waals surface area contributed by atoms with E-state index in [0.29, 0.717) is 18.6 Å². The highest BCUT2D eigenvalue weighted by atomic mass is 16.5. The summed E-state index contributed by atoms with van der Waals surface area (Å²) in [5, 5.41) is 0. The molecule has 22 heavy (non-hydrogen) atoms. The summed E-state index contributed by atoms with van der Waals surface area (Å²) in [7, 11) is 1.70. The molecule has 0 aliphatic carbocycles. The fourth-order valence-electron chi connectivity index (χ4n) is 3.19. The predicted molar refractivity (Wildman–Crippen MR) is 87.6 cm³/mol. The number of hydrogen-bond acceptors (Lipinski definition) is 6. The van der Waals surface area contributed by atoms with Gasteiger partial charge in [-0.25, -0.2) is 4.99 Å². The van der Waals surface area contributed by atoms with Crippen molar-refractivity contribution >= 4 is 11.7 Å². The van der Waals surface area contributed by atoms with Crippen LogP contribution >= 0.6 is 0 Å². The number of nitrogens with zero attached hydrogens (tertiary/aromatic N) is 3. The van der Waals surface area contributed by atoms with Gasteiger partial charge in [0.25, 0.3) is 6.02 Å². The van der Waals surface area contributed by atoms with Crippen molar-refractivity contribution in [1.82, 2.24) is 4.90 Å². The van der Waals surface area contributed by atoms with E-state index in [0.717, 1.165) is 31.9 Å². The molecule has 0 spiro atoms. The number of aliphatic imine (C=N–C) groups is 1. The monoisotopic (exact) mass is 304 g/mol. The second kappa shape index (κ2) is 6.44. The van der Waals surface area contributed by atoms with Gasteiger partial charge in [0.15, 0.2) is 0 Å². The van der Waals surface area contributed by atoms with Crippen LogP contribution in [0.25, 0.3) is 0 Å². The lowest BCUT2D eigenvalue weighted by atomic mass is 10.1. The molecule has 2 N–H and O–H groups in total. The number of piperazine rings is 1. The molecule has 1 aromatic carbocycles. The van der Waals surface area contributed by atoms with Crippen molar-refractivity contribution in [3.8, 4) is 5.75 Å². The van der Waals surface area contributed by atoms with Crippen LogP contribution in [0.15, 0.2) is 29.3 Å². The van der Waals surface area contributed by atoms with Gasteiger partial charge in [-0.2, -0.15) is 0 Å². The van der Waals surface area contributed by atoms with Gasteiger partial charge < -0.3 is 20.1 Å². The third-order valence-corrected chi connectivity index (χ3v) is 4.30. The second-order valence-corrected chi connectivity index (χ2v) is 5.92. The largest absolute Gasteiger partial charge is 0.497 e. The molecule has 0 saturated carbocycles. The topological polar surface area (TPSA) is 63.3 Å². The number of methoxy groups -OCH3 is 1. The van der Waals surface area contributed by atoms with Crippen LogP contribution in [-0.4, -0.2) is 62.9 Å². The quantitative estimate of drug-likeness (QED) is 0.896. The number of ether oxygens (including phenoxy) is 2. The molecule has 2 aliphatic rings. The Hall–Kier alpha value is -1.95. The Kier molecular flexibility index (Phi) is 4.38. The summed E-state index contributed by atoms with van der Waals surface area (Å²) in [5.74, 6) is 0.902. The van der Waals surface area contributed by atoms with E-state index in [2.05, 4.69) is 33.8 Å². The van der Waals surface area contributed by atoms with Crippen molar-refractivity contribution in [3.05, 3.63) is 24.3 Å². The van der Waals surface area contributed by atoms with Crippen molar-refractivity contribution in [2.75, 3.05) is 44.7 Å². The number of rotatable bonds is 4. The van der Waals surface area contributed by atoms with Gasteiger partial charge in [-0.3, -0.25) is 4.90 Å². The Bertz CT molecular complexity index is 549. The Balaban J connectivity index is 1.57. The van der Waals surface area contributed by atoms with Gasteiger partial charge in [0.1, 0.15) is 11.9 Å². The maximum Gasteiger partial charge on any atom is 0.282 e. The molecule has 0 bridgehead atoms. The van der Waals surface area contributed by atoms with Gasteiger partial charge in [0.05, 0.1) is 13.7 Å². The molecule has 2 atom stereocenters. The molecule has 1 aromatic rings. The molecule has 0 amide bonds. The zero-order chi connectivity index (χ0) is 15.5. The number of amidine groups is 1. The van der Waals surface area contributed by atoms with Gasteiger partial charge in [-0.05, 0) is 19.1 Å². The Morgan fingerprint density at radius 2 is 2.27 bits per heavy atom. The SMILES string of the molecule is COc1cccc(N2CCN(CC3CN=C(N)O3)CC2C)c1. The first-order chi connectivity index (χ1) is 10.7. The zero-order valence-corrected chi connectivity index (χ0v) is 13.2. The molecule has 2 heterocycles. The van der Waals surface area contributed by atoms with E-state index in [1.165, 1.54) is 5.69 Å². The van der Waals surface area contributed by atoms with Gasteiger partial charge in [0.2, 0.25) is 0 Å². The summed E-state index contributed by atoms with van der Waals surface area (Å²) in [6.07, 6.45) is 0.107. The van der Waals surface area contributed by atoms with Gasteiger partial charge in [-0.1, -0.05) is 6.07 Å². The van der Waals surface area contributed by atoms with Crippen LogP contribution in [0.1, 0.15) is 6.92 Å². The van der Waals surface area contributed by atoms with Crippen molar-refractivity contribution in [2.24, 2.45) is 10.7 Å². The highest BCUT2D eigenvalue weighted by molar-refractivity contribution is 5.73. The minimum atomic E-state index is 0.107. The van der Waals surface area contributed by atoms with Crippen LogP contribution < -0.4 is 15.4 Å². The number of benzene rings is 1. The van der Waals surface area contributed by atoms with Crippen LogP contribution in [-0.2, 0) is 4.74 Å². The lowest BCUT2D eigenvalue weighted by Crippen LogP contribution is -2.53. The van der Waals surface area contributed by atoms with Crippen LogP contribution in [0.3, 0.4) is 0 Å². The Labute approximate surface area is 131 Å². The van der Waals surface area contributed by atoms with Crippen molar-refractivity contribution < 1.29 is 9.47 Å². The molecule has 0 aromatic heterocycles. The van der Waals surface area contributed by atoms with Crippen LogP contribution in [0, 0.1) is 0 Å². The van der Waals surface area contributed by atoms with E-state index in [-0.39, 0.29) is 6.10 Å². The Morgan fingerprint density at radius 1 is 1.41 bits per heavy atom. The fourth-order valence-corrected chi connectivity index (χ4v) is 3.19. The minimum absolute atomic E-state index is 0.107. The number of anilines is 1. The average Bonchev–Trinajstić information content (AvgIpc) is 2.92. The lowest BCUT2D eigenvalue weighted by molar-refractivity contribution is 0.130. The minimum Gasteiger partial charge on any atom is -0.497 e. The summed E-state index contributed by atoms with van der Waals surface area (Å²) in [5.41, 5.74) is 6.79. The van der Waals surface area contributed by atoms with Crippen molar-refractivity contribution in [2.45, 2.75) is 19.1 Å². The average molecular weight is 304 g/mol. The molecule has 0 radical (unpaired) electrons. The van der Waals surface area contributed by atoms with Crippen molar-refractivity contribution in [3.63, 3.8) is 0 Å². The predicted octanol–water partition coefficient (Wildman–Crippen LogP) is 0.919. The van der Waals surface area contributed by atoms with Crippen molar-refractivity contribution in [1.29, 1.82) is 0 Å². The van der Waals surface area contributed by atoms with Crippen LogP contribution in [0.2, 0.25) is 0 Å². The highest BCUT2D eigenvalue weighted by Crippen LogP contribution is 2.25. The number of hydrogen-bond donors (Lipinski definition) is 1. The van der Waals surface area contributed by atoms with Gasteiger partial charge in [-0.15, -0.1) is 0 Å². The van der Waals surface area contributed by atoms with Gasteiger partial charge in [0, 0.05) is 44.0 Å². The molecular weight excluding hydrogens is 280 g/mol. The van der Waals surface area contributed by atoms with Crippen LogP contribution in [0.4, 0.5) is 5.69 Å². The van der Waals surface area contributed by atoms with E-state index in [4.69, 9.17) is 15.2 Å². The van der Waals surface area contributed by atoms with E-state index in [1.807, 2.05) is 12.1 Å². The van der Waals surface area contributed by atoms with Crippen LogP contribution in [0.5, 0.6) is 5.75 Å². The first-order valence-electron chi connectivity index (χ1n) is 7.75. The summed E-state index contributed by atoms with van der Waals surface area (Å²) in [6, 6.07) is 9.03. The van der Waals surface area contributed by atoms with E-state index in [9.17, 15) is 0 Å². The maximum atomic E-state index is 5.57. The summed E-state index contributed by atoms with van der Waals surface area (Å²) in [4.78, 5) is 8.97. The third kappa shape index (κ3) is 3.27. The second-order valence-electron chi connectivity index (χ2n) is 5.92. The molecule has 1 saturated heterocycles. The standard InChI is InChI=1S/C16H24N4O2/c1-12-10-19(11-15-9-18-16(17)22-15)6-7-20(12)13-4-3-5-14(8-13)21-2/h3-5,8,12,15H,6-7,9-11H2,1-2H3,(H2,17,18). The number of nitrogens with two attached hydrogens (primary N) is 1. The maximum absolute atomic E-state index is 5.57. The lowest BCUT2D eigenvalue weighted by Gasteiger charge is -2.41. The highest BCUT2D eigenvalue weighted by Gasteiger charge is 2.27. The van der Waals surface area contributed by atoms with Gasteiger partial charge >= 0.3 is 0 Å². The fraction of sp³-hybridized carbons (Fsp3) is 0.562. The zero-order valence-electron chi connectivity index (χ0n) is 13.2. The molecule has 1 fully saturated rings. The summed E-state index contributed by atoms with van der Waals surface area (Å²) >= 11 is 0. The van der Waals surface area contributed by atoms with E-state index in [1.54, 1.807) is 7.11 Å². The third-order valence-electron chi connectivity index (χ3n) is 4.30. The molecular formula is C16H24N4O2. The smallest absolute Gasteiger partial charge is 0.282 e. The first kappa shape index (κ1) is 15.0. The molecule has 2 unspecified atom stereocenters. The molecule has 6 heteroatoms. The normalized spacial score (nSPS) is 25.7. The molecule has 2 aliphatic heterocycles. The first-order valence-corrected chi connectivity index (χ1v) is 7.75. The molecule has 120 valence electrons. The van der Waals surface area contributed by atoms with E-state index < -0.39 is 0 Å². The molecule has 3 rings (SSSR count). The summed E-state index contributed by atoms with van der Waals surface area (Å²) < 4.78 is 10.8.